The van der Waals surface area contributed by atoms with E-state index in [1.54, 1.807) is 11.3 Å². The Morgan fingerprint density at radius 3 is 2.89 bits per heavy atom. The van der Waals surface area contributed by atoms with E-state index < -0.39 is 5.97 Å². The van der Waals surface area contributed by atoms with Crippen molar-refractivity contribution in [3.63, 3.8) is 0 Å². The predicted molar refractivity (Wildman–Crippen MR) is 72.1 cm³/mol. The summed E-state index contributed by atoms with van der Waals surface area (Å²) in [4.78, 5) is 17.8. The molecule has 4 nitrogen and oxygen atoms in total. The molecule has 0 bridgehead atoms. The Bertz CT molecular complexity index is 562. The van der Waals surface area contributed by atoms with Crippen molar-refractivity contribution in [2.75, 3.05) is 18.0 Å². The second-order valence-electron chi connectivity index (χ2n) is 4.79. The van der Waals surface area contributed by atoms with E-state index >= 15 is 0 Å². The average molecular weight is 262 g/mol. The van der Waals surface area contributed by atoms with Gasteiger partial charge in [-0.15, -0.1) is 0 Å². The highest BCUT2D eigenvalue weighted by Crippen LogP contribution is 2.33. The smallest absolute Gasteiger partial charge is 0.308 e. The van der Waals surface area contributed by atoms with Crippen LogP contribution >= 0.6 is 11.3 Å². The number of carbonyl (C=O) groups is 1. The summed E-state index contributed by atoms with van der Waals surface area (Å²) in [5, 5.41) is 10.1. The molecule has 0 unspecified atom stereocenters. The number of anilines is 1. The molecule has 94 valence electrons. The Morgan fingerprint density at radius 2 is 2.22 bits per heavy atom. The molecule has 1 aromatic heterocycles. The number of para-hydroxylation sites is 1. The summed E-state index contributed by atoms with van der Waals surface area (Å²) in [6.07, 6.45) is 0. The van der Waals surface area contributed by atoms with Crippen LogP contribution in [0.5, 0.6) is 0 Å². The Balaban J connectivity index is 1.90. The first kappa shape index (κ1) is 11.5. The molecule has 1 fully saturated rings. The van der Waals surface area contributed by atoms with Crippen LogP contribution in [0, 0.1) is 11.8 Å². The van der Waals surface area contributed by atoms with Crippen molar-refractivity contribution in [1.82, 2.24) is 4.98 Å². The predicted octanol–water partition coefficient (Wildman–Crippen LogP) is 2.45. The minimum atomic E-state index is -0.703. The van der Waals surface area contributed by atoms with E-state index in [0.29, 0.717) is 6.54 Å². The molecule has 3 rings (SSSR count). The highest BCUT2D eigenvalue weighted by molar-refractivity contribution is 7.22. The molecule has 18 heavy (non-hydrogen) atoms. The van der Waals surface area contributed by atoms with E-state index in [4.69, 9.17) is 5.11 Å². The zero-order valence-electron chi connectivity index (χ0n) is 10.0. The lowest BCUT2D eigenvalue weighted by molar-refractivity contribution is -0.142. The van der Waals surface area contributed by atoms with Crippen molar-refractivity contribution in [3.05, 3.63) is 24.3 Å². The summed E-state index contributed by atoms with van der Waals surface area (Å²) in [5.74, 6) is -0.808. The molecule has 1 aliphatic heterocycles. The highest BCUT2D eigenvalue weighted by Gasteiger charge is 2.35. The van der Waals surface area contributed by atoms with Crippen molar-refractivity contribution in [2.24, 2.45) is 11.8 Å². The van der Waals surface area contributed by atoms with E-state index in [0.717, 1.165) is 21.9 Å². The second kappa shape index (κ2) is 4.24. The number of hydrogen-bond donors (Lipinski definition) is 1. The van der Waals surface area contributed by atoms with Crippen LogP contribution in [-0.2, 0) is 4.79 Å². The van der Waals surface area contributed by atoms with Crippen LogP contribution in [0.2, 0.25) is 0 Å². The maximum absolute atomic E-state index is 11.1. The quantitative estimate of drug-likeness (QED) is 0.903. The van der Waals surface area contributed by atoms with Gasteiger partial charge in [-0.2, -0.15) is 0 Å². The van der Waals surface area contributed by atoms with Crippen LogP contribution in [0.3, 0.4) is 0 Å². The molecule has 2 heterocycles. The van der Waals surface area contributed by atoms with Crippen LogP contribution < -0.4 is 4.90 Å². The van der Waals surface area contributed by atoms with Gasteiger partial charge >= 0.3 is 5.97 Å². The van der Waals surface area contributed by atoms with Crippen molar-refractivity contribution >= 4 is 32.7 Å². The van der Waals surface area contributed by atoms with Gasteiger partial charge in [0.25, 0.3) is 0 Å². The van der Waals surface area contributed by atoms with Crippen molar-refractivity contribution < 1.29 is 9.90 Å². The fourth-order valence-corrected chi connectivity index (χ4v) is 3.42. The Kier molecular flexibility index (Phi) is 2.70. The maximum Gasteiger partial charge on any atom is 0.308 e. The molecule has 0 aliphatic carbocycles. The average Bonchev–Trinajstić information content (AvgIpc) is 2.91. The van der Waals surface area contributed by atoms with Crippen molar-refractivity contribution in [2.45, 2.75) is 6.92 Å². The number of aromatic nitrogens is 1. The first-order valence-corrected chi connectivity index (χ1v) is 6.80. The molecular weight excluding hydrogens is 248 g/mol. The van der Waals surface area contributed by atoms with Gasteiger partial charge in [-0.25, -0.2) is 4.98 Å². The van der Waals surface area contributed by atoms with E-state index in [1.807, 2.05) is 31.2 Å². The van der Waals surface area contributed by atoms with Crippen LogP contribution in [0.4, 0.5) is 5.13 Å². The number of carboxylic acid groups (broad SMARTS) is 1. The Morgan fingerprint density at radius 1 is 1.44 bits per heavy atom. The van der Waals surface area contributed by atoms with E-state index in [9.17, 15) is 4.79 Å². The molecule has 2 atom stereocenters. The zero-order valence-corrected chi connectivity index (χ0v) is 10.9. The minimum absolute atomic E-state index is 0.175. The number of hydrogen-bond acceptors (Lipinski definition) is 4. The normalized spacial score (nSPS) is 23.7. The van der Waals surface area contributed by atoms with Gasteiger partial charge in [-0.1, -0.05) is 30.4 Å². The minimum Gasteiger partial charge on any atom is -0.481 e. The lowest BCUT2D eigenvalue weighted by atomic mass is 9.99. The maximum atomic E-state index is 11.1. The lowest BCUT2D eigenvalue weighted by Gasteiger charge is -2.13. The molecule has 1 N–H and O–H groups in total. The van der Waals surface area contributed by atoms with Gasteiger partial charge in [0.15, 0.2) is 5.13 Å². The molecule has 0 amide bonds. The molecule has 5 heteroatoms. The second-order valence-corrected chi connectivity index (χ2v) is 5.80. The fraction of sp³-hybridized carbons (Fsp3) is 0.385. The molecule has 1 saturated heterocycles. The van der Waals surface area contributed by atoms with Crippen molar-refractivity contribution in [1.29, 1.82) is 0 Å². The number of nitrogens with zero attached hydrogens (tertiary/aromatic N) is 2. The molecule has 2 aromatic rings. The SMILES string of the molecule is C[C@@H]1CN(c2nc3ccccc3s2)C[C@H]1C(=O)O. The van der Waals surface area contributed by atoms with Gasteiger partial charge in [0.1, 0.15) is 0 Å². The summed E-state index contributed by atoms with van der Waals surface area (Å²) in [7, 11) is 0. The summed E-state index contributed by atoms with van der Waals surface area (Å²) >= 11 is 1.63. The molecular formula is C13H14N2O2S. The van der Waals surface area contributed by atoms with Gasteiger partial charge in [-0.05, 0) is 18.1 Å². The molecule has 0 radical (unpaired) electrons. The third kappa shape index (κ3) is 1.84. The van der Waals surface area contributed by atoms with Gasteiger partial charge < -0.3 is 10.0 Å². The largest absolute Gasteiger partial charge is 0.481 e. The van der Waals surface area contributed by atoms with Crippen molar-refractivity contribution in [3.8, 4) is 0 Å². The molecule has 1 aliphatic rings. The standard InChI is InChI=1S/C13H14N2O2S/c1-8-6-15(7-9(8)12(16)17)13-14-10-4-2-3-5-11(10)18-13/h2-5,8-9H,6-7H2,1H3,(H,16,17)/t8-,9-/m1/s1. The topological polar surface area (TPSA) is 53.4 Å². The highest BCUT2D eigenvalue weighted by atomic mass is 32.1. The monoisotopic (exact) mass is 262 g/mol. The zero-order chi connectivity index (χ0) is 12.7. The number of thiazole rings is 1. The number of carboxylic acids is 1. The Labute approximate surface area is 109 Å². The van der Waals surface area contributed by atoms with Crippen LogP contribution in [-0.4, -0.2) is 29.1 Å². The number of rotatable bonds is 2. The third-order valence-electron chi connectivity index (χ3n) is 3.48. The van der Waals surface area contributed by atoms with Crippen LogP contribution in [0.25, 0.3) is 10.2 Å². The van der Waals surface area contributed by atoms with Crippen LogP contribution in [0.1, 0.15) is 6.92 Å². The van der Waals surface area contributed by atoms with Gasteiger partial charge in [-0.3, -0.25) is 4.79 Å². The first-order valence-electron chi connectivity index (χ1n) is 5.98. The van der Waals surface area contributed by atoms with E-state index in [-0.39, 0.29) is 11.8 Å². The van der Waals surface area contributed by atoms with Gasteiger partial charge in [0, 0.05) is 13.1 Å². The van der Waals surface area contributed by atoms with Gasteiger partial charge in [0.2, 0.25) is 0 Å². The lowest BCUT2D eigenvalue weighted by Crippen LogP contribution is -2.22. The summed E-state index contributed by atoms with van der Waals surface area (Å²) in [6.45, 7) is 3.33. The summed E-state index contributed by atoms with van der Waals surface area (Å²) in [5.41, 5.74) is 0.990. The Hall–Kier alpha value is -1.62. The first-order chi connectivity index (χ1) is 8.65. The van der Waals surface area contributed by atoms with E-state index in [1.165, 1.54) is 0 Å². The molecule has 0 spiro atoms. The van der Waals surface area contributed by atoms with Crippen LogP contribution in [0.15, 0.2) is 24.3 Å². The number of aliphatic carboxylic acids is 1. The number of benzene rings is 1. The fourth-order valence-electron chi connectivity index (χ4n) is 2.44. The number of fused-ring (bicyclic) bond motifs is 1. The molecule has 1 aromatic carbocycles. The van der Waals surface area contributed by atoms with Gasteiger partial charge in [0.05, 0.1) is 16.1 Å². The molecule has 0 saturated carbocycles. The van der Waals surface area contributed by atoms with E-state index in [2.05, 4.69) is 9.88 Å². The third-order valence-corrected chi connectivity index (χ3v) is 4.58. The summed E-state index contributed by atoms with van der Waals surface area (Å²) < 4.78 is 1.15. The summed E-state index contributed by atoms with van der Waals surface area (Å²) in [6, 6.07) is 8.00.